The highest BCUT2D eigenvalue weighted by molar-refractivity contribution is 9.10. The Morgan fingerprint density at radius 3 is 2.70 bits per heavy atom. The molecule has 2 atom stereocenters. The highest BCUT2D eigenvalue weighted by Crippen LogP contribution is 2.33. The molecule has 20 heavy (non-hydrogen) atoms. The number of hydrogen-bond acceptors (Lipinski definition) is 2. The summed E-state index contributed by atoms with van der Waals surface area (Å²) in [6.07, 6.45) is 5.87. The van der Waals surface area contributed by atoms with Crippen molar-refractivity contribution in [2.75, 3.05) is 0 Å². The molecule has 0 amide bonds. The van der Waals surface area contributed by atoms with Crippen molar-refractivity contribution in [3.8, 4) is 0 Å². The minimum Gasteiger partial charge on any atom is -0.299 e. The van der Waals surface area contributed by atoms with E-state index in [0.717, 1.165) is 54.7 Å². The zero-order valence-electron chi connectivity index (χ0n) is 12.8. The van der Waals surface area contributed by atoms with E-state index in [4.69, 9.17) is 0 Å². The lowest BCUT2D eigenvalue weighted by Crippen LogP contribution is -2.27. The van der Waals surface area contributed by atoms with E-state index in [9.17, 15) is 4.79 Å². The summed E-state index contributed by atoms with van der Waals surface area (Å²) >= 11 is 3.69. The molecule has 1 aromatic rings. The predicted octanol–water partition coefficient (Wildman–Crippen LogP) is 4.17. The predicted molar refractivity (Wildman–Crippen MR) is 84.8 cm³/mol. The van der Waals surface area contributed by atoms with Crippen LogP contribution in [-0.2, 0) is 24.2 Å². The third-order valence-electron chi connectivity index (χ3n) is 4.58. The molecular formula is C16H25BrN2O. The molecule has 1 aromatic heterocycles. The van der Waals surface area contributed by atoms with E-state index in [1.807, 2.05) is 0 Å². The van der Waals surface area contributed by atoms with Crippen molar-refractivity contribution in [2.45, 2.75) is 65.8 Å². The van der Waals surface area contributed by atoms with Gasteiger partial charge in [0.2, 0.25) is 0 Å². The first kappa shape index (κ1) is 15.7. The third-order valence-corrected chi connectivity index (χ3v) is 5.50. The molecule has 0 spiro atoms. The monoisotopic (exact) mass is 340 g/mol. The fraction of sp³-hybridized carbons (Fsp3) is 0.750. The average molecular weight is 341 g/mol. The van der Waals surface area contributed by atoms with E-state index >= 15 is 0 Å². The van der Waals surface area contributed by atoms with Gasteiger partial charge in [-0.15, -0.1) is 0 Å². The minimum atomic E-state index is 0.191. The number of aryl methyl sites for hydroxylation is 2. The van der Waals surface area contributed by atoms with Gasteiger partial charge in [-0.2, -0.15) is 5.10 Å². The van der Waals surface area contributed by atoms with E-state index < -0.39 is 0 Å². The average Bonchev–Trinajstić information content (AvgIpc) is 2.77. The lowest BCUT2D eigenvalue weighted by Gasteiger charge is -2.27. The van der Waals surface area contributed by atoms with E-state index in [-0.39, 0.29) is 5.92 Å². The second-order valence-corrected chi connectivity index (χ2v) is 6.59. The molecule has 2 unspecified atom stereocenters. The van der Waals surface area contributed by atoms with Crippen LogP contribution in [0.5, 0.6) is 0 Å². The summed E-state index contributed by atoms with van der Waals surface area (Å²) in [4.78, 5) is 12.2. The quantitative estimate of drug-likeness (QED) is 0.806. The van der Waals surface area contributed by atoms with E-state index in [0.29, 0.717) is 5.78 Å². The molecule has 112 valence electrons. The zero-order valence-corrected chi connectivity index (χ0v) is 14.4. The SMILES string of the molecule is CCc1nn(CC)c(CC2CC(CC)CCC2=O)c1Br. The molecule has 1 aliphatic rings. The molecular weight excluding hydrogens is 316 g/mol. The van der Waals surface area contributed by atoms with Gasteiger partial charge >= 0.3 is 0 Å². The normalized spacial score (nSPS) is 23.3. The first-order valence-corrected chi connectivity index (χ1v) is 8.66. The molecule has 1 heterocycles. The number of ketones is 1. The van der Waals surface area contributed by atoms with Crippen LogP contribution >= 0.6 is 15.9 Å². The van der Waals surface area contributed by atoms with Crippen LogP contribution in [0.1, 0.15) is 57.8 Å². The Morgan fingerprint density at radius 2 is 2.10 bits per heavy atom. The summed E-state index contributed by atoms with van der Waals surface area (Å²) in [6, 6.07) is 0. The molecule has 1 fully saturated rings. The minimum absolute atomic E-state index is 0.191. The topological polar surface area (TPSA) is 34.9 Å². The molecule has 0 aromatic carbocycles. The summed E-state index contributed by atoms with van der Waals surface area (Å²) < 4.78 is 3.18. The molecule has 0 saturated heterocycles. The van der Waals surface area contributed by atoms with E-state index in [1.165, 1.54) is 12.1 Å². The van der Waals surface area contributed by atoms with Crippen molar-refractivity contribution < 1.29 is 4.79 Å². The van der Waals surface area contributed by atoms with Gasteiger partial charge in [-0.25, -0.2) is 0 Å². The smallest absolute Gasteiger partial charge is 0.136 e. The van der Waals surface area contributed by atoms with Gasteiger partial charge in [-0.3, -0.25) is 9.48 Å². The fourth-order valence-electron chi connectivity index (χ4n) is 3.22. The summed E-state index contributed by atoms with van der Waals surface area (Å²) in [5.41, 5.74) is 2.32. The Bertz CT molecular complexity index is 481. The molecule has 1 aliphatic carbocycles. The summed E-state index contributed by atoms with van der Waals surface area (Å²) in [7, 11) is 0. The Kier molecular flexibility index (Phi) is 5.42. The number of aromatic nitrogens is 2. The number of hydrogen-bond donors (Lipinski definition) is 0. The molecule has 2 rings (SSSR count). The number of Topliss-reactive ketones (excluding diaryl/α,β-unsaturated/α-hetero) is 1. The van der Waals surface area contributed by atoms with Crippen molar-refractivity contribution >= 4 is 21.7 Å². The second-order valence-electron chi connectivity index (χ2n) is 5.79. The van der Waals surface area contributed by atoms with Gasteiger partial charge in [-0.05, 0) is 48.0 Å². The maximum atomic E-state index is 12.2. The van der Waals surface area contributed by atoms with E-state index in [2.05, 4.69) is 46.5 Å². The Hall–Kier alpha value is -0.640. The first-order chi connectivity index (χ1) is 9.60. The van der Waals surface area contributed by atoms with Gasteiger partial charge < -0.3 is 0 Å². The zero-order chi connectivity index (χ0) is 14.7. The van der Waals surface area contributed by atoms with Gasteiger partial charge in [0.1, 0.15) is 5.78 Å². The molecule has 0 aliphatic heterocycles. The maximum Gasteiger partial charge on any atom is 0.136 e. The van der Waals surface area contributed by atoms with Gasteiger partial charge in [0.25, 0.3) is 0 Å². The Labute approximate surface area is 130 Å². The van der Waals surface area contributed by atoms with Crippen molar-refractivity contribution in [3.63, 3.8) is 0 Å². The van der Waals surface area contributed by atoms with Crippen LogP contribution in [0.15, 0.2) is 4.47 Å². The molecule has 4 heteroatoms. The number of halogens is 1. The Balaban J connectivity index is 2.20. The number of carbonyl (C=O) groups is 1. The molecule has 1 saturated carbocycles. The van der Waals surface area contributed by atoms with Crippen LogP contribution < -0.4 is 0 Å². The van der Waals surface area contributed by atoms with Crippen molar-refractivity contribution in [2.24, 2.45) is 11.8 Å². The third kappa shape index (κ3) is 3.16. The standard InChI is InChI=1S/C16H25BrN2O/c1-4-11-7-8-15(20)12(9-11)10-14-16(17)13(5-2)18-19(14)6-3/h11-12H,4-10H2,1-3H3. The lowest BCUT2D eigenvalue weighted by atomic mass is 9.77. The molecule has 3 nitrogen and oxygen atoms in total. The molecule has 0 bridgehead atoms. The fourth-order valence-corrected chi connectivity index (χ4v) is 3.94. The highest BCUT2D eigenvalue weighted by Gasteiger charge is 2.29. The lowest BCUT2D eigenvalue weighted by molar-refractivity contribution is -0.125. The van der Waals surface area contributed by atoms with Gasteiger partial charge in [0.15, 0.2) is 0 Å². The van der Waals surface area contributed by atoms with Gasteiger partial charge in [0, 0.05) is 25.3 Å². The summed E-state index contributed by atoms with van der Waals surface area (Å²) in [5, 5.41) is 4.63. The summed E-state index contributed by atoms with van der Waals surface area (Å²) in [6.45, 7) is 7.33. The van der Waals surface area contributed by atoms with Crippen molar-refractivity contribution in [1.82, 2.24) is 9.78 Å². The van der Waals surface area contributed by atoms with Crippen molar-refractivity contribution in [1.29, 1.82) is 0 Å². The van der Waals surface area contributed by atoms with Crippen LogP contribution in [0.4, 0.5) is 0 Å². The van der Waals surface area contributed by atoms with Crippen LogP contribution in [0.2, 0.25) is 0 Å². The van der Waals surface area contributed by atoms with Crippen LogP contribution in [0, 0.1) is 11.8 Å². The number of rotatable bonds is 5. The van der Waals surface area contributed by atoms with Crippen molar-refractivity contribution in [3.05, 3.63) is 15.9 Å². The molecule has 0 N–H and O–H groups in total. The number of nitrogens with zero attached hydrogens (tertiary/aromatic N) is 2. The second kappa shape index (κ2) is 6.88. The number of carbonyl (C=O) groups excluding carboxylic acids is 1. The van der Waals surface area contributed by atoms with Crippen LogP contribution in [0.25, 0.3) is 0 Å². The largest absolute Gasteiger partial charge is 0.299 e. The maximum absolute atomic E-state index is 12.2. The summed E-state index contributed by atoms with van der Waals surface area (Å²) in [5.74, 6) is 1.36. The first-order valence-electron chi connectivity index (χ1n) is 7.87. The van der Waals surface area contributed by atoms with Gasteiger partial charge in [-0.1, -0.05) is 20.3 Å². The van der Waals surface area contributed by atoms with E-state index in [1.54, 1.807) is 0 Å². The highest BCUT2D eigenvalue weighted by atomic mass is 79.9. The van der Waals surface area contributed by atoms with Crippen LogP contribution in [0.3, 0.4) is 0 Å². The Morgan fingerprint density at radius 1 is 1.35 bits per heavy atom. The molecule has 0 radical (unpaired) electrons. The van der Waals surface area contributed by atoms with Gasteiger partial charge in [0.05, 0.1) is 15.9 Å². The van der Waals surface area contributed by atoms with Crippen LogP contribution in [-0.4, -0.2) is 15.6 Å².